The lowest BCUT2D eigenvalue weighted by Crippen LogP contribution is -2.30. The largest absolute Gasteiger partial charge is 0.480 e. The molecule has 1 aromatic carbocycles. The Morgan fingerprint density at radius 1 is 1.47 bits per heavy atom. The van der Waals surface area contributed by atoms with Crippen molar-refractivity contribution in [2.75, 3.05) is 0 Å². The number of hydrogen-bond acceptors (Lipinski definition) is 2. The molecular weight excluding hydrogens is 190 g/mol. The lowest BCUT2D eigenvalue weighted by molar-refractivity contribution is -0.138. The summed E-state index contributed by atoms with van der Waals surface area (Å²) in [5.74, 6) is -0.929. The molecule has 3 nitrogen and oxygen atoms in total. The zero-order valence-electron chi connectivity index (χ0n) is 8.94. The van der Waals surface area contributed by atoms with Gasteiger partial charge in [-0.05, 0) is 30.4 Å². The first-order valence-corrected chi connectivity index (χ1v) is 5.19. The SMILES string of the molecule is CCc1cccc(CC[C@@H](N)C(=O)O)c1. The van der Waals surface area contributed by atoms with Gasteiger partial charge >= 0.3 is 5.97 Å². The van der Waals surface area contributed by atoms with E-state index in [4.69, 9.17) is 10.8 Å². The minimum atomic E-state index is -0.929. The molecule has 0 amide bonds. The van der Waals surface area contributed by atoms with E-state index in [-0.39, 0.29) is 0 Å². The summed E-state index contributed by atoms with van der Waals surface area (Å²) in [5.41, 5.74) is 7.87. The molecule has 1 aromatic rings. The van der Waals surface area contributed by atoms with Gasteiger partial charge in [0.2, 0.25) is 0 Å². The van der Waals surface area contributed by atoms with E-state index in [9.17, 15) is 4.79 Å². The van der Waals surface area contributed by atoms with Gasteiger partial charge in [-0.25, -0.2) is 0 Å². The highest BCUT2D eigenvalue weighted by atomic mass is 16.4. The minimum Gasteiger partial charge on any atom is -0.480 e. The number of aryl methyl sites for hydroxylation is 2. The molecule has 0 saturated heterocycles. The number of carboxylic acid groups (broad SMARTS) is 1. The Bertz CT molecular complexity index is 336. The molecule has 3 heteroatoms. The lowest BCUT2D eigenvalue weighted by atomic mass is 10.0. The smallest absolute Gasteiger partial charge is 0.320 e. The molecule has 1 rings (SSSR count). The van der Waals surface area contributed by atoms with Crippen LogP contribution in [0.3, 0.4) is 0 Å². The average molecular weight is 207 g/mol. The van der Waals surface area contributed by atoms with Gasteiger partial charge in [0.25, 0.3) is 0 Å². The molecular formula is C12H17NO2. The molecule has 0 unspecified atom stereocenters. The second-order valence-electron chi connectivity index (χ2n) is 3.66. The number of aliphatic carboxylic acids is 1. The van der Waals surface area contributed by atoms with Gasteiger partial charge < -0.3 is 10.8 Å². The number of nitrogens with two attached hydrogens (primary N) is 1. The number of carboxylic acids is 1. The van der Waals surface area contributed by atoms with Crippen LogP contribution in [0.5, 0.6) is 0 Å². The van der Waals surface area contributed by atoms with Crippen LogP contribution < -0.4 is 5.73 Å². The van der Waals surface area contributed by atoms with Gasteiger partial charge in [0, 0.05) is 0 Å². The molecule has 3 N–H and O–H groups in total. The van der Waals surface area contributed by atoms with Crippen molar-refractivity contribution in [2.45, 2.75) is 32.2 Å². The average Bonchev–Trinajstić information content (AvgIpc) is 2.26. The third-order valence-corrected chi connectivity index (χ3v) is 2.46. The monoisotopic (exact) mass is 207 g/mol. The van der Waals surface area contributed by atoms with E-state index in [1.807, 2.05) is 12.1 Å². The number of carbonyl (C=O) groups is 1. The lowest BCUT2D eigenvalue weighted by Gasteiger charge is -2.07. The molecule has 0 bridgehead atoms. The summed E-state index contributed by atoms with van der Waals surface area (Å²) in [4.78, 5) is 10.5. The molecule has 0 aliphatic heterocycles. The molecule has 0 fully saturated rings. The maximum atomic E-state index is 10.5. The van der Waals surface area contributed by atoms with Gasteiger partial charge in [0.15, 0.2) is 0 Å². The van der Waals surface area contributed by atoms with Gasteiger partial charge in [-0.3, -0.25) is 4.79 Å². The first kappa shape index (κ1) is 11.7. The van der Waals surface area contributed by atoms with Gasteiger partial charge in [-0.1, -0.05) is 31.2 Å². The van der Waals surface area contributed by atoms with E-state index in [0.717, 1.165) is 18.4 Å². The summed E-state index contributed by atoms with van der Waals surface area (Å²) in [6.45, 7) is 2.10. The summed E-state index contributed by atoms with van der Waals surface area (Å²) in [6, 6.07) is 7.43. The van der Waals surface area contributed by atoms with Crippen LogP contribution in [-0.4, -0.2) is 17.1 Å². The van der Waals surface area contributed by atoms with Crippen molar-refractivity contribution in [3.63, 3.8) is 0 Å². The van der Waals surface area contributed by atoms with Crippen molar-refractivity contribution < 1.29 is 9.90 Å². The predicted octanol–water partition coefficient (Wildman–Crippen LogP) is 1.59. The van der Waals surface area contributed by atoms with Crippen molar-refractivity contribution in [3.8, 4) is 0 Å². The second kappa shape index (κ2) is 5.51. The van der Waals surface area contributed by atoms with Crippen LogP contribution in [0.2, 0.25) is 0 Å². The summed E-state index contributed by atoms with van der Waals surface area (Å²) >= 11 is 0. The van der Waals surface area contributed by atoms with Crippen LogP contribution >= 0.6 is 0 Å². The van der Waals surface area contributed by atoms with Gasteiger partial charge in [-0.15, -0.1) is 0 Å². The fraction of sp³-hybridized carbons (Fsp3) is 0.417. The summed E-state index contributed by atoms with van der Waals surface area (Å²) in [5, 5.41) is 8.64. The first-order chi connectivity index (χ1) is 7.13. The van der Waals surface area contributed by atoms with E-state index in [2.05, 4.69) is 19.1 Å². The van der Waals surface area contributed by atoms with Gasteiger partial charge in [0.05, 0.1) is 0 Å². The Kier molecular flexibility index (Phi) is 4.31. The number of hydrogen-bond donors (Lipinski definition) is 2. The molecule has 0 radical (unpaired) electrons. The molecule has 0 saturated carbocycles. The fourth-order valence-corrected chi connectivity index (χ4v) is 1.45. The molecule has 0 spiro atoms. The van der Waals surface area contributed by atoms with Crippen LogP contribution in [0.1, 0.15) is 24.5 Å². The Morgan fingerprint density at radius 3 is 2.73 bits per heavy atom. The normalized spacial score (nSPS) is 12.4. The van der Waals surface area contributed by atoms with Crippen LogP contribution in [0.25, 0.3) is 0 Å². The zero-order valence-corrected chi connectivity index (χ0v) is 8.94. The first-order valence-electron chi connectivity index (χ1n) is 5.19. The zero-order chi connectivity index (χ0) is 11.3. The third kappa shape index (κ3) is 3.72. The Labute approximate surface area is 89.9 Å². The van der Waals surface area contributed by atoms with Crippen LogP contribution in [-0.2, 0) is 17.6 Å². The highest BCUT2D eigenvalue weighted by Gasteiger charge is 2.10. The van der Waals surface area contributed by atoms with E-state index < -0.39 is 12.0 Å². The van der Waals surface area contributed by atoms with Crippen molar-refractivity contribution in [1.82, 2.24) is 0 Å². The van der Waals surface area contributed by atoms with E-state index in [0.29, 0.717) is 6.42 Å². The second-order valence-corrected chi connectivity index (χ2v) is 3.66. The highest BCUT2D eigenvalue weighted by molar-refractivity contribution is 5.73. The molecule has 0 heterocycles. The number of rotatable bonds is 5. The molecule has 0 aliphatic carbocycles. The number of benzene rings is 1. The van der Waals surface area contributed by atoms with Crippen LogP contribution in [0.4, 0.5) is 0 Å². The summed E-state index contributed by atoms with van der Waals surface area (Å²) < 4.78 is 0. The van der Waals surface area contributed by atoms with E-state index in [1.54, 1.807) is 0 Å². The van der Waals surface area contributed by atoms with Crippen molar-refractivity contribution in [1.29, 1.82) is 0 Å². The standard InChI is InChI=1S/C12H17NO2/c1-2-9-4-3-5-10(8-9)6-7-11(13)12(14)15/h3-5,8,11H,2,6-7,13H2,1H3,(H,14,15)/t11-/m1/s1. The molecule has 0 aliphatic rings. The third-order valence-electron chi connectivity index (χ3n) is 2.46. The Hall–Kier alpha value is -1.35. The van der Waals surface area contributed by atoms with Gasteiger partial charge in [0.1, 0.15) is 6.04 Å². The Balaban J connectivity index is 2.53. The van der Waals surface area contributed by atoms with Crippen molar-refractivity contribution >= 4 is 5.97 Å². The molecule has 0 aromatic heterocycles. The topological polar surface area (TPSA) is 63.3 Å². The van der Waals surface area contributed by atoms with E-state index in [1.165, 1.54) is 5.56 Å². The van der Waals surface area contributed by atoms with Gasteiger partial charge in [-0.2, -0.15) is 0 Å². The van der Waals surface area contributed by atoms with Crippen LogP contribution in [0.15, 0.2) is 24.3 Å². The summed E-state index contributed by atoms with van der Waals surface area (Å²) in [6.07, 6.45) is 2.21. The van der Waals surface area contributed by atoms with E-state index >= 15 is 0 Å². The van der Waals surface area contributed by atoms with Crippen LogP contribution in [0, 0.1) is 0 Å². The molecule has 1 atom stereocenters. The Morgan fingerprint density at radius 2 is 2.13 bits per heavy atom. The van der Waals surface area contributed by atoms with Crippen molar-refractivity contribution in [2.24, 2.45) is 5.73 Å². The maximum absolute atomic E-state index is 10.5. The molecule has 82 valence electrons. The maximum Gasteiger partial charge on any atom is 0.320 e. The molecule has 15 heavy (non-hydrogen) atoms. The fourth-order valence-electron chi connectivity index (χ4n) is 1.45. The van der Waals surface area contributed by atoms with Crippen molar-refractivity contribution in [3.05, 3.63) is 35.4 Å². The predicted molar refractivity (Wildman–Crippen MR) is 59.8 cm³/mol. The summed E-state index contributed by atoms with van der Waals surface area (Å²) in [7, 11) is 0. The minimum absolute atomic E-state index is 0.489. The quantitative estimate of drug-likeness (QED) is 0.770. The highest BCUT2D eigenvalue weighted by Crippen LogP contribution is 2.09.